The van der Waals surface area contributed by atoms with Gasteiger partial charge in [-0.3, -0.25) is 0 Å². The standard InChI is InChI=1S/C21H31N5O2/c1-5-25-12-10-18(11-13-25)24(3)21(27)23-16(2)17-14-22-26(15-17)19-8-6-7-9-20(19)28-4/h6-9,14-16,18H,5,10-13H2,1-4H3,(H,23,27)/t16-/m0/s1. The number of para-hydroxylation sites is 2. The van der Waals surface area contributed by atoms with Gasteiger partial charge in [0.25, 0.3) is 0 Å². The van der Waals surface area contributed by atoms with Crippen molar-refractivity contribution in [1.29, 1.82) is 0 Å². The van der Waals surface area contributed by atoms with E-state index in [4.69, 9.17) is 4.74 Å². The first kappa shape index (κ1) is 20.2. The molecular formula is C21H31N5O2. The highest BCUT2D eigenvalue weighted by Gasteiger charge is 2.25. The molecule has 1 fully saturated rings. The number of benzene rings is 1. The Balaban J connectivity index is 1.61. The van der Waals surface area contributed by atoms with Gasteiger partial charge in [-0.15, -0.1) is 0 Å². The molecule has 1 aromatic carbocycles. The minimum atomic E-state index is -0.130. The lowest BCUT2D eigenvalue weighted by Gasteiger charge is -2.36. The monoisotopic (exact) mass is 385 g/mol. The number of nitrogens with zero attached hydrogens (tertiary/aromatic N) is 4. The second-order valence-corrected chi connectivity index (χ2v) is 7.34. The van der Waals surface area contributed by atoms with E-state index in [1.807, 2.05) is 49.3 Å². The summed E-state index contributed by atoms with van der Waals surface area (Å²) >= 11 is 0. The van der Waals surface area contributed by atoms with Crippen LogP contribution in [0.2, 0.25) is 0 Å². The molecule has 2 heterocycles. The third kappa shape index (κ3) is 4.47. The SMILES string of the molecule is CCN1CCC(N(C)C(=O)N[C@@H](C)c2cnn(-c3ccccc3OC)c2)CC1. The molecule has 0 radical (unpaired) electrons. The second-order valence-electron chi connectivity index (χ2n) is 7.34. The molecule has 3 rings (SSSR count). The lowest BCUT2D eigenvalue weighted by atomic mass is 10.0. The summed E-state index contributed by atoms with van der Waals surface area (Å²) in [6.45, 7) is 7.36. The maximum Gasteiger partial charge on any atom is 0.317 e. The maximum absolute atomic E-state index is 12.7. The molecule has 152 valence electrons. The zero-order valence-electron chi connectivity index (χ0n) is 17.3. The number of nitrogens with one attached hydrogen (secondary N) is 1. The number of carbonyl (C=O) groups is 1. The van der Waals surface area contributed by atoms with Crippen LogP contribution in [-0.4, -0.2) is 65.4 Å². The molecule has 2 amide bonds. The third-order valence-corrected chi connectivity index (χ3v) is 5.65. The number of carbonyl (C=O) groups excluding carboxylic acids is 1. The van der Waals surface area contributed by atoms with E-state index < -0.39 is 0 Å². The molecule has 1 atom stereocenters. The van der Waals surface area contributed by atoms with Crippen molar-refractivity contribution in [3.8, 4) is 11.4 Å². The van der Waals surface area contributed by atoms with Gasteiger partial charge in [0.2, 0.25) is 0 Å². The van der Waals surface area contributed by atoms with Crippen molar-refractivity contribution in [2.75, 3.05) is 33.8 Å². The van der Waals surface area contributed by atoms with Gasteiger partial charge in [0, 0.05) is 37.9 Å². The van der Waals surface area contributed by atoms with Gasteiger partial charge in [-0.05, 0) is 38.4 Å². The average Bonchev–Trinajstić information content (AvgIpc) is 3.23. The number of rotatable bonds is 6. The van der Waals surface area contributed by atoms with E-state index in [0.717, 1.165) is 49.5 Å². The summed E-state index contributed by atoms with van der Waals surface area (Å²) in [5.74, 6) is 0.756. The van der Waals surface area contributed by atoms with E-state index in [2.05, 4.69) is 22.2 Å². The van der Waals surface area contributed by atoms with Crippen LogP contribution in [0.5, 0.6) is 5.75 Å². The van der Waals surface area contributed by atoms with Gasteiger partial charge in [0.1, 0.15) is 11.4 Å². The fraction of sp³-hybridized carbons (Fsp3) is 0.524. The first-order valence-electron chi connectivity index (χ1n) is 9.97. The predicted octanol–water partition coefficient (Wildman–Crippen LogP) is 3.07. The maximum atomic E-state index is 12.7. The first-order chi connectivity index (χ1) is 13.5. The van der Waals surface area contributed by atoms with E-state index in [1.54, 1.807) is 18.0 Å². The molecule has 28 heavy (non-hydrogen) atoms. The van der Waals surface area contributed by atoms with Gasteiger partial charge in [0.15, 0.2) is 0 Å². The van der Waals surface area contributed by atoms with Crippen molar-refractivity contribution in [1.82, 2.24) is 24.9 Å². The van der Waals surface area contributed by atoms with Crippen molar-refractivity contribution in [2.45, 2.75) is 38.8 Å². The summed E-state index contributed by atoms with van der Waals surface area (Å²) in [5.41, 5.74) is 1.82. The minimum Gasteiger partial charge on any atom is -0.494 e. The molecule has 0 spiro atoms. The lowest BCUT2D eigenvalue weighted by Crippen LogP contribution is -2.49. The predicted molar refractivity (Wildman–Crippen MR) is 110 cm³/mol. The molecule has 1 saturated heterocycles. The molecule has 1 aliphatic heterocycles. The van der Waals surface area contributed by atoms with Crippen LogP contribution in [0.4, 0.5) is 4.79 Å². The average molecular weight is 386 g/mol. The van der Waals surface area contributed by atoms with Crippen molar-refractivity contribution >= 4 is 6.03 Å². The Labute approximate surface area is 167 Å². The summed E-state index contributed by atoms with van der Waals surface area (Å²) in [7, 11) is 3.54. The molecule has 1 aliphatic rings. The third-order valence-electron chi connectivity index (χ3n) is 5.65. The van der Waals surface area contributed by atoms with Crippen LogP contribution in [0.15, 0.2) is 36.7 Å². The topological polar surface area (TPSA) is 62.6 Å². The zero-order valence-corrected chi connectivity index (χ0v) is 17.3. The Hall–Kier alpha value is -2.54. The molecule has 0 unspecified atom stereocenters. The number of ether oxygens (including phenoxy) is 1. The molecule has 7 heteroatoms. The van der Waals surface area contributed by atoms with Crippen LogP contribution in [0.25, 0.3) is 5.69 Å². The van der Waals surface area contributed by atoms with Gasteiger partial charge in [-0.1, -0.05) is 19.1 Å². The minimum absolute atomic E-state index is 0.0347. The number of aromatic nitrogens is 2. The Morgan fingerprint density at radius 3 is 2.75 bits per heavy atom. The summed E-state index contributed by atoms with van der Waals surface area (Å²) in [5, 5.41) is 7.54. The first-order valence-corrected chi connectivity index (χ1v) is 9.97. The molecule has 7 nitrogen and oxygen atoms in total. The van der Waals surface area contributed by atoms with Crippen LogP contribution in [0.1, 0.15) is 38.3 Å². The van der Waals surface area contributed by atoms with Gasteiger partial charge in [-0.25, -0.2) is 9.48 Å². The van der Waals surface area contributed by atoms with Crippen molar-refractivity contribution in [3.05, 3.63) is 42.2 Å². The van der Waals surface area contributed by atoms with E-state index in [9.17, 15) is 4.79 Å². The van der Waals surface area contributed by atoms with Crippen molar-refractivity contribution < 1.29 is 9.53 Å². The molecule has 0 bridgehead atoms. The largest absolute Gasteiger partial charge is 0.494 e. The number of urea groups is 1. The Morgan fingerprint density at radius 1 is 1.36 bits per heavy atom. The Kier molecular flexibility index (Phi) is 6.57. The van der Waals surface area contributed by atoms with E-state index >= 15 is 0 Å². The van der Waals surface area contributed by atoms with Crippen LogP contribution in [0.3, 0.4) is 0 Å². The highest BCUT2D eigenvalue weighted by molar-refractivity contribution is 5.74. The fourth-order valence-corrected chi connectivity index (χ4v) is 3.67. The highest BCUT2D eigenvalue weighted by atomic mass is 16.5. The molecule has 2 aromatic rings. The smallest absolute Gasteiger partial charge is 0.317 e. The van der Waals surface area contributed by atoms with E-state index in [1.165, 1.54) is 0 Å². The summed E-state index contributed by atoms with van der Waals surface area (Å²) < 4.78 is 7.19. The lowest BCUT2D eigenvalue weighted by molar-refractivity contribution is 0.136. The summed E-state index contributed by atoms with van der Waals surface area (Å²) in [4.78, 5) is 17.0. The molecule has 0 aliphatic carbocycles. The van der Waals surface area contributed by atoms with E-state index in [0.29, 0.717) is 6.04 Å². The highest BCUT2D eigenvalue weighted by Crippen LogP contribution is 2.23. The normalized spacial score (nSPS) is 16.6. The van der Waals surface area contributed by atoms with Crippen LogP contribution >= 0.6 is 0 Å². The van der Waals surface area contributed by atoms with Gasteiger partial charge < -0.3 is 19.9 Å². The van der Waals surface area contributed by atoms with Crippen molar-refractivity contribution in [2.24, 2.45) is 0 Å². The van der Waals surface area contributed by atoms with Crippen molar-refractivity contribution in [3.63, 3.8) is 0 Å². The van der Waals surface area contributed by atoms with Gasteiger partial charge in [-0.2, -0.15) is 5.10 Å². The zero-order chi connectivity index (χ0) is 20.1. The number of piperidine rings is 1. The number of hydrogen-bond acceptors (Lipinski definition) is 4. The van der Waals surface area contributed by atoms with Crippen LogP contribution in [0, 0.1) is 0 Å². The summed E-state index contributed by atoms with van der Waals surface area (Å²) in [6.07, 6.45) is 5.77. The molecule has 0 saturated carbocycles. The number of amides is 2. The molecule has 1 N–H and O–H groups in total. The van der Waals surface area contributed by atoms with Gasteiger partial charge >= 0.3 is 6.03 Å². The van der Waals surface area contributed by atoms with Crippen LogP contribution in [-0.2, 0) is 0 Å². The van der Waals surface area contributed by atoms with Gasteiger partial charge in [0.05, 0.1) is 19.3 Å². The fourth-order valence-electron chi connectivity index (χ4n) is 3.67. The quantitative estimate of drug-likeness (QED) is 0.830. The second kappa shape index (κ2) is 9.10. The molecule has 1 aromatic heterocycles. The molecular weight excluding hydrogens is 354 g/mol. The number of methoxy groups -OCH3 is 1. The van der Waals surface area contributed by atoms with E-state index in [-0.39, 0.29) is 12.1 Å². The number of hydrogen-bond donors (Lipinski definition) is 1. The summed E-state index contributed by atoms with van der Waals surface area (Å²) in [6, 6.07) is 7.86. The van der Waals surface area contributed by atoms with Crippen LogP contribution < -0.4 is 10.1 Å². The Morgan fingerprint density at radius 2 is 2.07 bits per heavy atom. The Bertz CT molecular complexity index is 783. The number of likely N-dealkylation sites (tertiary alicyclic amines) is 1.